The number of carbonyl (C=O) groups is 2. The summed E-state index contributed by atoms with van der Waals surface area (Å²) in [5.74, 6) is 0.0548. The molecule has 2 saturated heterocycles. The van der Waals surface area contributed by atoms with E-state index in [1.54, 1.807) is 12.3 Å². The summed E-state index contributed by atoms with van der Waals surface area (Å²) in [6.07, 6.45) is 6.06. The Morgan fingerprint density at radius 2 is 1.98 bits per heavy atom. The predicted molar refractivity (Wildman–Crippen MR) is 146 cm³/mol. The van der Waals surface area contributed by atoms with Crippen LogP contribution in [0.25, 0.3) is 16.9 Å². The third-order valence-corrected chi connectivity index (χ3v) is 7.84. The van der Waals surface area contributed by atoms with E-state index in [1.807, 2.05) is 4.90 Å². The second-order valence-electron chi connectivity index (χ2n) is 10.2. The van der Waals surface area contributed by atoms with Gasteiger partial charge in [0.05, 0.1) is 11.9 Å². The van der Waals surface area contributed by atoms with Crippen LogP contribution in [0, 0.1) is 11.8 Å². The molecule has 0 radical (unpaired) electrons. The van der Waals surface area contributed by atoms with Gasteiger partial charge >= 0.3 is 6.61 Å². The van der Waals surface area contributed by atoms with Crippen molar-refractivity contribution in [3.8, 4) is 17.0 Å². The van der Waals surface area contributed by atoms with Crippen LogP contribution in [-0.2, 0) is 11.3 Å². The van der Waals surface area contributed by atoms with Gasteiger partial charge in [-0.3, -0.25) is 14.3 Å². The van der Waals surface area contributed by atoms with Gasteiger partial charge in [0.1, 0.15) is 23.6 Å². The van der Waals surface area contributed by atoms with Crippen LogP contribution in [0.5, 0.6) is 5.75 Å². The van der Waals surface area contributed by atoms with E-state index in [1.165, 1.54) is 46.0 Å². The van der Waals surface area contributed by atoms with Crippen molar-refractivity contribution in [3.05, 3.63) is 59.6 Å². The van der Waals surface area contributed by atoms with E-state index in [2.05, 4.69) is 32.3 Å². The van der Waals surface area contributed by atoms with Crippen LogP contribution in [0.2, 0.25) is 5.02 Å². The molecular weight excluding hydrogens is 558 g/mol. The van der Waals surface area contributed by atoms with Crippen LogP contribution in [-0.4, -0.2) is 85.3 Å². The van der Waals surface area contributed by atoms with E-state index in [0.29, 0.717) is 30.6 Å². The van der Waals surface area contributed by atoms with E-state index in [4.69, 9.17) is 16.3 Å². The molecule has 41 heavy (non-hydrogen) atoms. The molecule has 14 heteroatoms. The number of carbonyl (C=O) groups excluding carboxylic acids is 2. The highest BCUT2D eigenvalue weighted by atomic mass is 35.5. The van der Waals surface area contributed by atoms with Gasteiger partial charge in [-0.2, -0.15) is 19.0 Å². The molecule has 0 aliphatic carbocycles. The average Bonchev–Trinajstić information content (AvgIpc) is 3.71. The summed E-state index contributed by atoms with van der Waals surface area (Å²) in [4.78, 5) is 35.0. The quantitative estimate of drug-likeness (QED) is 0.337. The fraction of sp³-hybridized carbons (Fsp3) is 0.370. The first-order valence-electron chi connectivity index (χ1n) is 13.2. The van der Waals surface area contributed by atoms with E-state index < -0.39 is 12.5 Å². The first-order chi connectivity index (χ1) is 19.8. The standard InChI is InChI=1S/C27H27ClF2N8O3/c1-2-35-10-16-12-36(13-17(16)11-35)23(39)15-37-14-21(33-26(40)20-9-32-38-7-3-6-31-25(20)38)24(34-37)19-8-18(28)4-5-22(19)41-27(29)30/h3-9,14,16-17,27H,2,10-13,15H2,1H3,(H,33,40). The summed E-state index contributed by atoms with van der Waals surface area (Å²) >= 11 is 6.20. The maximum Gasteiger partial charge on any atom is 0.387 e. The lowest BCUT2D eigenvalue weighted by molar-refractivity contribution is -0.131. The molecule has 0 bridgehead atoms. The summed E-state index contributed by atoms with van der Waals surface area (Å²) < 4.78 is 34.0. The predicted octanol–water partition coefficient (Wildman–Crippen LogP) is 3.51. The Bertz CT molecular complexity index is 1590. The Labute approximate surface area is 238 Å². The number of anilines is 1. The third kappa shape index (κ3) is 5.46. The zero-order chi connectivity index (χ0) is 28.7. The highest BCUT2D eigenvalue weighted by molar-refractivity contribution is 6.31. The second kappa shape index (κ2) is 11.1. The number of likely N-dealkylation sites (tertiary alicyclic amines) is 2. The SMILES string of the molecule is CCN1CC2CN(C(=O)Cn3cc(NC(=O)c4cnn5cccnc45)c(-c4cc(Cl)ccc4OC(F)F)n3)CC2C1. The highest BCUT2D eigenvalue weighted by Gasteiger charge is 2.41. The van der Waals surface area contributed by atoms with Crippen molar-refractivity contribution in [3.63, 3.8) is 0 Å². The van der Waals surface area contributed by atoms with Crippen molar-refractivity contribution in [2.24, 2.45) is 11.8 Å². The Morgan fingerprint density at radius 3 is 2.71 bits per heavy atom. The van der Waals surface area contributed by atoms with Gasteiger partial charge in [-0.1, -0.05) is 18.5 Å². The molecule has 2 fully saturated rings. The first kappa shape index (κ1) is 27.1. The van der Waals surface area contributed by atoms with Gasteiger partial charge < -0.3 is 19.9 Å². The van der Waals surface area contributed by atoms with Gasteiger partial charge in [0.25, 0.3) is 5.91 Å². The van der Waals surface area contributed by atoms with Crippen molar-refractivity contribution < 1.29 is 23.1 Å². The summed E-state index contributed by atoms with van der Waals surface area (Å²) in [6, 6.07) is 5.81. The molecule has 11 nitrogen and oxygen atoms in total. The third-order valence-electron chi connectivity index (χ3n) is 7.61. The molecule has 2 aliphatic heterocycles. The summed E-state index contributed by atoms with van der Waals surface area (Å²) in [5, 5.41) is 11.7. The number of nitrogens with one attached hydrogen (secondary N) is 1. The number of hydrogen-bond acceptors (Lipinski definition) is 7. The molecule has 2 atom stereocenters. The Morgan fingerprint density at radius 1 is 1.20 bits per heavy atom. The molecule has 2 aliphatic rings. The zero-order valence-corrected chi connectivity index (χ0v) is 22.8. The first-order valence-corrected chi connectivity index (χ1v) is 13.6. The molecule has 3 aromatic heterocycles. The fourth-order valence-electron chi connectivity index (χ4n) is 5.65. The van der Waals surface area contributed by atoms with E-state index in [0.717, 1.165) is 19.6 Å². The summed E-state index contributed by atoms with van der Waals surface area (Å²) in [6.45, 7) is 3.26. The minimum atomic E-state index is -3.10. The van der Waals surface area contributed by atoms with Crippen LogP contribution >= 0.6 is 11.6 Å². The van der Waals surface area contributed by atoms with Crippen LogP contribution in [0.4, 0.5) is 14.5 Å². The lowest BCUT2D eigenvalue weighted by atomic mass is 10.0. The van der Waals surface area contributed by atoms with Gasteiger partial charge in [0.2, 0.25) is 5.91 Å². The molecule has 4 aromatic rings. The van der Waals surface area contributed by atoms with Crippen molar-refractivity contribution in [2.75, 3.05) is 38.0 Å². The Balaban J connectivity index is 1.30. The van der Waals surface area contributed by atoms with Gasteiger partial charge in [0.15, 0.2) is 5.65 Å². The van der Waals surface area contributed by atoms with Crippen LogP contribution in [0.15, 0.2) is 49.1 Å². The van der Waals surface area contributed by atoms with Crippen molar-refractivity contribution in [1.82, 2.24) is 34.2 Å². The monoisotopic (exact) mass is 584 g/mol. The largest absolute Gasteiger partial charge is 0.434 e. The molecule has 6 rings (SSSR count). The Hall–Kier alpha value is -4.10. The molecule has 2 amide bonds. The number of fused-ring (bicyclic) bond motifs is 2. The number of amides is 2. The number of hydrogen-bond donors (Lipinski definition) is 1. The molecular formula is C27H27ClF2N8O3. The lowest BCUT2D eigenvalue weighted by Gasteiger charge is -2.20. The average molecular weight is 585 g/mol. The van der Waals surface area contributed by atoms with Crippen LogP contribution < -0.4 is 10.1 Å². The smallest absolute Gasteiger partial charge is 0.387 e. The molecule has 1 N–H and O–H groups in total. The second-order valence-corrected chi connectivity index (χ2v) is 10.6. The number of aromatic nitrogens is 5. The molecule has 0 saturated carbocycles. The molecule has 214 valence electrons. The topological polar surface area (TPSA) is 110 Å². The molecule has 1 aromatic carbocycles. The summed E-state index contributed by atoms with van der Waals surface area (Å²) in [5.41, 5.74) is 0.953. The number of alkyl halides is 2. The Kier molecular flexibility index (Phi) is 7.30. The maximum atomic E-state index is 13.3. The van der Waals surface area contributed by atoms with Crippen molar-refractivity contribution in [1.29, 1.82) is 0 Å². The van der Waals surface area contributed by atoms with Gasteiger partial charge in [-0.05, 0) is 42.6 Å². The number of halogens is 3. The molecule has 2 unspecified atom stereocenters. The number of ether oxygens (including phenoxy) is 1. The molecule has 0 spiro atoms. The number of nitrogens with zero attached hydrogens (tertiary/aromatic N) is 7. The maximum absolute atomic E-state index is 13.3. The number of benzene rings is 1. The zero-order valence-electron chi connectivity index (χ0n) is 22.1. The minimum absolute atomic E-state index is 0.0936. The molecule has 5 heterocycles. The van der Waals surface area contributed by atoms with E-state index in [9.17, 15) is 18.4 Å². The lowest BCUT2D eigenvalue weighted by Crippen LogP contribution is -2.35. The normalized spacial score (nSPS) is 18.8. The van der Waals surface area contributed by atoms with Crippen LogP contribution in [0.1, 0.15) is 17.3 Å². The van der Waals surface area contributed by atoms with Gasteiger partial charge in [-0.15, -0.1) is 0 Å². The van der Waals surface area contributed by atoms with Crippen LogP contribution in [0.3, 0.4) is 0 Å². The minimum Gasteiger partial charge on any atom is -0.434 e. The van der Waals surface area contributed by atoms with Crippen molar-refractivity contribution in [2.45, 2.75) is 20.1 Å². The summed E-state index contributed by atoms with van der Waals surface area (Å²) in [7, 11) is 0. The number of rotatable bonds is 8. The van der Waals surface area contributed by atoms with E-state index in [-0.39, 0.29) is 45.7 Å². The van der Waals surface area contributed by atoms with Gasteiger partial charge in [0, 0.05) is 55.4 Å². The highest BCUT2D eigenvalue weighted by Crippen LogP contribution is 2.37. The fourth-order valence-corrected chi connectivity index (χ4v) is 5.82. The van der Waals surface area contributed by atoms with E-state index >= 15 is 0 Å². The van der Waals surface area contributed by atoms with Gasteiger partial charge in [-0.25, -0.2) is 9.50 Å². The van der Waals surface area contributed by atoms with Crippen molar-refractivity contribution >= 4 is 34.7 Å².